The number of phenols is 1. The summed E-state index contributed by atoms with van der Waals surface area (Å²) in [5.74, 6) is 1.67. The number of nitrogens with one attached hydrogen (secondary N) is 1. The molecule has 0 spiro atoms. The highest BCUT2D eigenvalue weighted by Crippen LogP contribution is 2.30. The number of carbonyl (C=O) groups is 1. The molecule has 1 heterocycles. The first-order chi connectivity index (χ1) is 13.6. The van der Waals surface area contributed by atoms with E-state index in [2.05, 4.69) is 9.88 Å². The van der Waals surface area contributed by atoms with Gasteiger partial charge in [-0.3, -0.25) is 4.79 Å². The van der Waals surface area contributed by atoms with Crippen molar-refractivity contribution < 1.29 is 9.90 Å². The molecule has 0 unspecified atom stereocenters. The molecular formula is C23H31N3O2. The van der Waals surface area contributed by atoms with Gasteiger partial charge in [-0.2, -0.15) is 0 Å². The number of hydrogen-bond donors (Lipinski definition) is 2. The first kappa shape index (κ1) is 19.0. The molecule has 1 amide bonds. The topological polar surface area (TPSA) is 67.2 Å². The van der Waals surface area contributed by atoms with Gasteiger partial charge in [-0.1, -0.05) is 32.1 Å². The minimum absolute atomic E-state index is 0.0492. The quantitative estimate of drug-likeness (QED) is 0.780. The Kier molecular flexibility index (Phi) is 5.69. The molecule has 28 heavy (non-hydrogen) atoms. The second-order valence-corrected chi connectivity index (χ2v) is 8.49. The Morgan fingerprint density at radius 2 is 1.71 bits per heavy atom. The fourth-order valence-corrected chi connectivity index (χ4v) is 4.76. The van der Waals surface area contributed by atoms with E-state index in [0.717, 1.165) is 36.5 Å². The lowest BCUT2D eigenvalue weighted by molar-refractivity contribution is 0.0932. The van der Waals surface area contributed by atoms with Crippen LogP contribution in [0.3, 0.4) is 0 Å². The highest BCUT2D eigenvalue weighted by Gasteiger charge is 2.25. The Bertz CT molecular complexity index is 813. The van der Waals surface area contributed by atoms with Crippen LogP contribution in [0.2, 0.25) is 0 Å². The van der Waals surface area contributed by atoms with Crippen LogP contribution in [0.4, 0.5) is 0 Å². The zero-order valence-corrected chi connectivity index (χ0v) is 16.8. The van der Waals surface area contributed by atoms with E-state index in [9.17, 15) is 9.90 Å². The van der Waals surface area contributed by atoms with Crippen LogP contribution >= 0.6 is 0 Å². The number of benzene rings is 1. The molecule has 1 aromatic heterocycles. The average molecular weight is 382 g/mol. The lowest BCUT2D eigenvalue weighted by atomic mass is 9.89. The van der Waals surface area contributed by atoms with Gasteiger partial charge in [0.15, 0.2) is 0 Å². The van der Waals surface area contributed by atoms with Crippen LogP contribution in [0.1, 0.15) is 74.0 Å². The number of imidazole rings is 1. The van der Waals surface area contributed by atoms with Crippen molar-refractivity contribution in [2.75, 3.05) is 0 Å². The molecule has 1 aromatic carbocycles. The second-order valence-electron chi connectivity index (χ2n) is 8.49. The highest BCUT2D eigenvalue weighted by molar-refractivity contribution is 5.94. The maximum Gasteiger partial charge on any atom is 0.271 e. The molecule has 0 radical (unpaired) electrons. The molecule has 0 aliphatic heterocycles. The number of rotatable bonds is 5. The highest BCUT2D eigenvalue weighted by atomic mass is 16.3. The Morgan fingerprint density at radius 3 is 2.39 bits per heavy atom. The Labute approximate surface area is 167 Å². The van der Waals surface area contributed by atoms with Crippen LogP contribution in [0.5, 0.6) is 5.75 Å². The van der Waals surface area contributed by atoms with Crippen molar-refractivity contribution in [2.45, 2.75) is 77.3 Å². The molecule has 0 saturated heterocycles. The van der Waals surface area contributed by atoms with Crippen LogP contribution in [-0.2, 0) is 6.54 Å². The van der Waals surface area contributed by atoms with E-state index in [4.69, 9.17) is 4.98 Å². The fourth-order valence-electron chi connectivity index (χ4n) is 4.76. The molecule has 2 fully saturated rings. The molecule has 4 rings (SSSR count). The molecule has 150 valence electrons. The molecule has 2 aliphatic carbocycles. The Hall–Kier alpha value is -2.30. The van der Waals surface area contributed by atoms with E-state index in [-0.39, 0.29) is 17.7 Å². The van der Waals surface area contributed by atoms with Crippen LogP contribution < -0.4 is 5.32 Å². The standard InChI is InChI=1S/C23H31N3O2/c1-16-21(23(28)24-19-9-5-6-10-19)25-22(18-11-13-20(27)14-12-18)26(16)15-17-7-3-2-4-8-17/h11-14,17,19,27H,2-10,15H2,1H3,(H,24,28). The first-order valence-electron chi connectivity index (χ1n) is 10.8. The minimum atomic E-state index is -0.0492. The van der Waals surface area contributed by atoms with Gasteiger partial charge in [-0.25, -0.2) is 4.98 Å². The Balaban J connectivity index is 1.65. The van der Waals surface area contributed by atoms with Gasteiger partial charge in [0.05, 0.1) is 0 Å². The summed E-state index contributed by atoms with van der Waals surface area (Å²) in [6, 6.07) is 7.42. The summed E-state index contributed by atoms with van der Waals surface area (Å²) in [5.41, 5.74) is 2.44. The zero-order valence-electron chi connectivity index (χ0n) is 16.8. The van der Waals surface area contributed by atoms with Crippen molar-refractivity contribution in [3.05, 3.63) is 35.7 Å². The van der Waals surface area contributed by atoms with Crippen LogP contribution in [-0.4, -0.2) is 26.6 Å². The van der Waals surface area contributed by atoms with Gasteiger partial charge >= 0.3 is 0 Å². The Morgan fingerprint density at radius 1 is 1.07 bits per heavy atom. The summed E-state index contributed by atoms with van der Waals surface area (Å²) >= 11 is 0. The third-order valence-corrected chi connectivity index (χ3v) is 6.42. The predicted molar refractivity (Wildman–Crippen MR) is 110 cm³/mol. The van der Waals surface area contributed by atoms with Crippen molar-refractivity contribution in [3.8, 4) is 17.1 Å². The fraction of sp³-hybridized carbons (Fsp3) is 0.565. The van der Waals surface area contributed by atoms with E-state index in [1.165, 1.54) is 44.9 Å². The van der Waals surface area contributed by atoms with E-state index in [1.54, 1.807) is 12.1 Å². The number of hydrogen-bond acceptors (Lipinski definition) is 3. The van der Waals surface area contributed by atoms with Crippen molar-refractivity contribution in [3.63, 3.8) is 0 Å². The van der Waals surface area contributed by atoms with Crippen molar-refractivity contribution in [1.82, 2.24) is 14.9 Å². The lowest BCUT2D eigenvalue weighted by Crippen LogP contribution is -2.33. The molecule has 2 N–H and O–H groups in total. The first-order valence-corrected chi connectivity index (χ1v) is 10.8. The molecular weight excluding hydrogens is 350 g/mol. The number of aromatic hydroxyl groups is 1. The normalized spacial score (nSPS) is 18.5. The average Bonchev–Trinajstić information content (AvgIpc) is 3.32. The zero-order chi connectivity index (χ0) is 19.5. The van der Waals surface area contributed by atoms with E-state index >= 15 is 0 Å². The number of nitrogens with zero attached hydrogens (tertiary/aromatic N) is 2. The van der Waals surface area contributed by atoms with Gasteiger partial charge in [0.25, 0.3) is 5.91 Å². The molecule has 2 aromatic rings. The van der Waals surface area contributed by atoms with Gasteiger partial charge in [-0.15, -0.1) is 0 Å². The number of aromatic nitrogens is 2. The third kappa shape index (κ3) is 4.08. The van der Waals surface area contributed by atoms with Gasteiger partial charge in [0.1, 0.15) is 17.3 Å². The largest absolute Gasteiger partial charge is 0.508 e. The number of phenolic OH excluding ortho intramolecular Hbond substituents is 1. The molecule has 2 aliphatic rings. The molecule has 0 bridgehead atoms. The summed E-state index contributed by atoms with van der Waals surface area (Å²) in [6.07, 6.45) is 10.9. The van der Waals surface area contributed by atoms with E-state index < -0.39 is 0 Å². The van der Waals surface area contributed by atoms with Crippen molar-refractivity contribution in [1.29, 1.82) is 0 Å². The summed E-state index contributed by atoms with van der Waals surface area (Å²) < 4.78 is 2.23. The van der Waals surface area contributed by atoms with Gasteiger partial charge in [-0.05, 0) is 62.8 Å². The number of amides is 1. The maximum atomic E-state index is 12.9. The van der Waals surface area contributed by atoms with Crippen LogP contribution in [0, 0.1) is 12.8 Å². The maximum absolute atomic E-state index is 12.9. The van der Waals surface area contributed by atoms with E-state index in [0.29, 0.717) is 11.6 Å². The van der Waals surface area contributed by atoms with Gasteiger partial charge < -0.3 is 15.0 Å². The second kappa shape index (κ2) is 8.38. The van der Waals surface area contributed by atoms with E-state index in [1.807, 2.05) is 19.1 Å². The van der Waals surface area contributed by atoms with Gasteiger partial charge in [0.2, 0.25) is 0 Å². The summed E-state index contributed by atoms with van der Waals surface area (Å²) in [4.78, 5) is 17.7. The predicted octanol–water partition coefficient (Wildman–Crippen LogP) is 4.82. The molecule has 5 nitrogen and oxygen atoms in total. The summed E-state index contributed by atoms with van der Waals surface area (Å²) in [5, 5.41) is 12.8. The molecule has 0 atom stereocenters. The van der Waals surface area contributed by atoms with Crippen LogP contribution in [0.25, 0.3) is 11.4 Å². The number of carbonyl (C=O) groups excluding carboxylic acids is 1. The smallest absolute Gasteiger partial charge is 0.271 e. The van der Waals surface area contributed by atoms with Crippen molar-refractivity contribution >= 4 is 5.91 Å². The lowest BCUT2D eigenvalue weighted by Gasteiger charge is -2.23. The third-order valence-electron chi connectivity index (χ3n) is 6.42. The van der Waals surface area contributed by atoms with Crippen molar-refractivity contribution in [2.24, 2.45) is 5.92 Å². The summed E-state index contributed by atoms with van der Waals surface area (Å²) in [6.45, 7) is 2.93. The minimum Gasteiger partial charge on any atom is -0.508 e. The van der Waals surface area contributed by atoms with Gasteiger partial charge in [0, 0.05) is 23.8 Å². The summed E-state index contributed by atoms with van der Waals surface area (Å²) in [7, 11) is 0. The molecule has 5 heteroatoms. The van der Waals surface area contributed by atoms with Crippen LogP contribution in [0.15, 0.2) is 24.3 Å². The SMILES string of the molecule is Cc1c(C(=O)NC2CCCC2)nc(-c2ccc(O)cc2)n1CC1CCCCC1. The monoisotopic (exact) mass is 381 g/mol. The molecule has 2 saturated carbocycles.